The summed E-state index contributed by atoms with van der Waals surface area (Å²) < 4.78 is 5.18. The Bertz CT molecular complexity index is 614. The maximum Gasteiger partial charge on any atom is 0.248 e. The Hall–Kier alpha value is -2.56. The lowest BCUT2D eigenvalue weighted by Crippen LogP contribution is -2.16. The highest BCUT2D eigenvalue weighted by atomic mass is 16.5. The van der Waals surface area contributed by atoms with Crippen LogP contribution in [0.4, 0.5) is 5.69 Å². The van der Waals surface area contributed by atoms with Crippen molar-refractivity contribution < 1.29 is 9.53 Å². The van der Waals surface area contributed by atoms with Crippen molar-refractivity contribution in [3.8, 4) is 5.75 Å². The zero-order valence-electron chi connectivity index (χ0n) is 10.5. The molecule has 0 aliphatic rings. The number of ether oxygens (including phenoxy) is 1. The van der Waals surface area contributed by atoms with E-state index in [1.807, 2.05) is 24.3 Å². The van der Waals surface area contributed by atoms with Crippen molar-refractivity contribution in [1.82, 2.24) is 4.98 Å². The van der Waals surface area contributed by atoms with Crippen LogP contribution in [0.5, 0.6) is 5.75 Å². The van der Waals surface area contributed by atoms with Crippen molar-refractivity contribution in [3.05, 3.63) is 58.5 Å². The van der Waals surface area contributed by atoms with Gasteiger partial charge < -0.3 is 15.0 Å². The number of pyridine rings is 1. The standard InChI is InChI=1S/C14H14N2O3/c1-19-12-5-3-2-4-10(12)8-14(18)16-11-6-7-13(17)15-9-11/h2-7,9H,8H2,1H3,(H,15,17)(H,16,18). The van der Waals surface area contributed by atoms with Crippen molar-refractivity contribution in [2.75, 3.05) is 12.4 Å². The number of aromatic amines is 1. The highest BCUT2D eigenvalue weighted by Gasteiger charge is 2.08. The first-order valence-corrected chi connectivity index (χ1v) is 5.79. The molecular weight excluding hydrogens is 244 g/mol. The molecule has 0 unspecified atom stereocenters. The Kier molecular flexibility index (Phi) is 3.97. The Labute approximate surface area is 110 Å². The summed E-state index contributed by atoms with van der Waals surface area (Å²) in [5, 5.41) is 2.70. The van der Waals surface area contributed by atoms with Gasteiger partial charge in [-0.2, -0.15) is 0 Å². The molecule has 0 fully saturated rings. The van der Waals surface area contributed by atoms with E-state index in [0.29, 0.717) is 11.4 Å². The molecule has 2 rings (SSSR count). The molecule has 0 saturated heterocycles. The smallest absolute Gasteiger partial charge is 0.248 e. The third-order valence-electron chi connectivity index (χ3n) is 2.61. The lowest BCUT2D eigenvalue weighted by molar-refractivity contribution is -0.115. The number of H-pyrrole nitrogens is 1. The van der Waals surface area contributed by atoms with Gasteiger partial charge >= 0.3 is 0 Å². The van der Waals surface area contributed by atoms with E-state index >= 15 is 0 Å². The predicted molar refractivity (Wildman–Crippen MR) is 72.4 cm³/mol. The SMILES string of the molecule is COc1ccccc1CC(=O)Nc1ccc(=O)[nH]c1. The van der Waals surface area contributed by atoms with E-state index in [2.05, 4.69) is 10.3 Å². The number of para-hydroxylation sites is 1. The van der Waals surface area contributed by atoms with Crippen molar-refractivity contribution in [2.45, 2.75) is 6.42 Å². The number of benzene rings is 1. The quantitative estimate of drug-likeness (QED) is 0.874. The van der Waals surface area contributed by atoms with Gasteiger partial charge in [-0.25, -0.2) is 0 Å². The molecule has 0 bridgehead atoms. The van der Waals surface area contributed by atoms with E-state index in [4.69, 9.17) is 4.74 Å². The van der Waals surface area contributed by atoms with Crippen LogP contribution in [0.3, 0.4) is 0 Å². The molecule has 0 spiro atoms. The van der Waals surface area contributed by atoms with Gasteiger partial charge in [0.2, 0.25) is 11.5 Å². The van der Waals surface area contributed by atoms with Crippen LogP contribution in [0.2, 0.25) is 0 Å². The number of carbonyl (C=O) groups is 1. The summed E-state index contributed by atoms with van der Waals surface area (Å²) in [4.78, 5) is 25.3. The molecule has 1 amide bonds. The number of amides is 1. The maximum absolute atomic E-state index is 11.9. The van der Waals surface area contributed by atoms with Crippen LogP contribution in [0.25, 0.3) is 0 Å². The Balaban J connectivity index is 2.05. The topological polar surface area (TPSA) is 71.2 Å². The fourth-order valence-electron chi connectivity index (χ4n) is 1.72. The number of hydrogen-bond acceptors (Lipinski definition) is 3. The molecule has 0 saturated carbocycles. The molecule has 1 aromatic carbocycles. The average molecular weight is 258 g/mol. The summed E-state index contributed by atoms with van der Waals surface area (Å²) in [5.74, 6) is 0.510. The number of aromatic nitrogens is 1. The highest BCUT2D eigenvalue weighted by molar-refractivity contribution is 5.92. The molecule has 0 aliphatic carbocycles. The highest BCUT2D eigenvalue weighted by Crippen LogP contribution is 2.18. The van der Waals surface area contributed by atoms with Gasteiger partial charge in [0.25, 0.3) is 0 Å². The molecule has 5 heteroatoms. The predicted octanol–water partition coefficient (Wildman–Crippen LogP) is 1.56. The maximum atomic E-state index is 11.9. The van der Waals surface area contributed by atoms with Crippen LogP contribution < -0.4 is 15.6 Å². The van der Waals surface area contributed by atoms with Crippen molar-refractivity contribution in [2.24, 2.45) is 0 Å². The third-order valence-corrected chi connectivity index (χ3v) is 2.61. The van der Waals surface area contributed by atoms with Crippen LogP contribution in [0.1, 0.15) is 5.56 Å². The van der Waals surface area contributed by atoms with E-state index < -0.39 is 0 Å². The second-order valence-corrected chi connectivity index (χ2v) is 3.98. The molecule has 5 nitrogen and oxygen atoms in total. The van der Waals surface area contributed by atoms with Gasteiger partial charge in [-0.1, -0.05) is 18.2 Å². The van der Waals surface area contributed by atoms with E-state index in [9.17, 15) is 9.59 Å². The molecule has 1 aromatic heterocycles. The molecule has 0 radical (unpaired) electrons. The Morgan fingerprint density at radius 2 is 2.05 bits per heavy atom. The summed E-state index contributed by atoms with van der Waals surface area (Å²) in [6, 6.07) is 10.3. The molecule has 2 N–H and O–H groups in total. The first-order valence-electron chi connectivity index (χ1n) is 5.79. The minimum absolute atomic E-state index is 0.170. The van der Waals surface area contributed by atoms with Crippen molar-refractivity contribution in [1.29, 1.82) is 0 Å². The van der Waals surface area contributed by atoms with Gasteiger partial charge in [0, 0.05) is 17.8 Å². The minimum Gasteiger partial charge on any atom is -0.496 e. The Morgan fingerprint density at radius 3 is 2.74 bits per heavy atom. The molecule has 98 valence electrons. The van der Waals surface area contributed by atoms with Crippen LogP contribution in [0, 0.1) is 0 Å². The van der Waals surface area contributed by atoms with Crippen molar-refractivity contribution >= 4 is 11.6 Å². The molecule has 0 aliphatic heterocycles. The second-order valence-electron chi connectivity index (χ2n) is 3.98. The van der Waals surface area contributed by atoms with E-state index in [1.54, 1.807) is 13.2 Å². The largest absolute Gasteiger partial charge is 0.496 e. The Morgan fingerprint density at radius 1 is 1.26 bits per heavy atom. The fourth-order valence-corrected chi connectivity index (χ4v) is 1.72. The van der Waals surface area contributed by atoms with Gasteiger partial charge in [-0.05, 0) is 12.1 Å². The van der Waals surface area contributed by atoms with E-state index in [-0.39, 0.29) is 17.9 Å². The molecule has 19 heavy (non-hydrogen) atoms. The van der Waals surface area contributed by atoms with Gasteiger partial charge in [0.1, 0.15) is 5.75 Å². The summed E-state index contributed by atoms with van der Waals surface area (Å²) in [6.07, 6.45) is 1.67. The monoisotopic (exact) mass is 258 g/mol. The first kappa shape index (κ1) is 12.9. The summed E-state index contributed by atoms with van der Waals surface area (Å²) in [5.41, 5.74) is 1.16. The summed E-state index contributed by atoms with van der Waals surface area (Å²) in [6.45, 7) is 0. The molecular formula is C14H14N2O3. The zero-order chi connectivity index (χ0) is 13.7. The van der Waals surface area contributed by atoms with Gasteiger partial charge in [-0.3, -0.25) is 9.59 Å². The van der Waals surface area contributed by atoms with Crippen LogP contribution in [-0.2, 0) is 11.2 Å². The van der Waals surface area contributed by atoms with Gasteiger partial charge in [-0.15, -0.1) is 0 Å². The van der Waals surface area contributed by atoms with E-state index in [0.717, 1.165) is 5.56 Å². The number of carbonyl (C=O) groups excluding carboxylic acids is 1. The number of nitrogens with one attached hydrogen (secondary N) is 2. The van der Waals surface area contributed by atoms with Crippen LogP contribution >= 0.6 is 0 Å². The first-order chi connectivity index (χ1) is 9.19. The second kappa shape index (κ2) is 5.86. The molecule has 1 heterocycles. The third kappa shape index (κ3) is 3.45. The summed E-state index contributed by atoms with van der Waals surface area (Å²) in [7, 11) is 1.57. The molecule has 2 aromatic rings. The van der Waals surface area contributed by atoms with Gasteiger partial charge in [0.05, 0.1) is 19.2 Å². The zero-order valence-corrected chi connectivity index (χ0v) is 10.5. The van der Waals surface area contributed by atoms with Crippen LogP contribution in [-0.4, -0.2) is 18.0 Å². The van der Waals surface area contributed by atoms with Gasteiger partial charge in [0.15, 0.2) is 0 Å². The lowest BCUT2D eigenvalue weighted by Gasteiger charge is -2.08. The number of anilines is 1. The van der Waals surface area contributed by atoms with Crippen LogP contribution in [0.15, 0.2) is 47.4 Å². The molecule has 0 atom stereocenters. The van der Waals surface area contributed by atoms with Crippen molar-refractivity contribution in [3.63, 3.8) is 0 Å². The van der Waals surface area contributed by atoms with E-state index in [1.165, 1.54) is 12.3 Å². The lowest BCUT2D eigenvalue weighted by atomic mass is 10.1. The number of rotatable bonds is 4. The number of methoxy groups -OCH3 is 1. The number of hydrogen-bond donors (Lipinski definition) is 2. The average Bonchev–Trinajstić information content (AvgIpc) is 2.42. The normalized spacial score (nSPS) is 9.95. The summed E-state index contributed by atoms with van der Waals surface area (Å²) >= 11 is 0. The fraction of sp³-hybridized carbons (Fsp3) is 0.143. The minimum atomic E-state index is -0.206.